The molecule has 1 heterocycles. The third kappa shape index (κ3) is 4.31. The molecule has 1 aliphatic heterocycles. The zero-order valence-corrected chi connectivity index (χ0v) is 15.3. The molecule has 128 valence electrons. The summed E-state index contributed by atoms with van der Waals surface area (Å²) in [5, 5.41) is 0.596. The average Bonchev–Trinajstić information content (AvgIpc) is 2.84. The molecule has 1 fully saturated rings. The van der Waals surface area contributed by atoms with Gasteiger partial charge in [0.05, 0.1) is 16.5 Å². The van der Waals surface area contributed by atoms with Gasteiger partial charge in [0.25, 0.3) is 5.91 Å². The molecule has 1 aromatic rings. The number of carbonyl (C=O) groups is 1. The van der Waals surface area contributed by atoms with Crippen molar-refractivity contribution < 1.29 is 17.9 Å². The lowest BCUT2D eigenvalue weighted by atomic mass is 10.2. The molecule has 2 atom stereocenters. The zero-order valence-electron chi connectivity index (χ0n) is 13.0. The number of carbonyl (C=O) groups excluding carboxylic acids is 1. The number of ether oxygens (including phenoxy) is 1. The molecule has 0 saturated carbocycles. The molecule has 0 aromatic heterocycles. The van der Waals surface area contributed by atoms with Crippen LogP contribution >= 0.6 is 23.2 Å². The van der Waals surface area contributed by atoms with Crippen molar-refractivity contribution in [3.05, 3.63) is 28.2 Å². The Balaban J connectivity index is 2.10. The van der Waals surface area contributed by atoms with Gasteiger partial charge in [0, 0.05) is 12.6 Å². The molecular weight excluding hydrogens is 361 g/mol. The molecule has 1 saturated heterocycles. The Labute approximate surface area is 146 Å². The second-order valence-electron chi connectivity index (χ2n) is 5.49. The van der Waals surface area contributed by atoms with Crippen LogP contribution < -0.4 is 4.74 Å². The van der Waals surface area contributed by atoms with Crippen LogP contribution in [-0.2, 0) is 14.6 Å². The quantitative estimate of drug-likeness (QED) is 0.788. The zero-order chi connectivity index (χ0) is 17.2. The molecule has 0 radical (unpaired) electrons. The predicted octanol–water partition coefficient (Wildman–Crippen LogP) is 2.80. The Morgan fingerprint density at radius 2 is 2.13 bits per heavy atom. The third-order valence-corrected chi connectivity index (χ3v) is 6.39. The largest absolute Gasteiger partial charge is 0.479 e. The van der Waals surface area contributed by atoms with Gasteiger partial charge < -0.3 is 9.64 Å². The number of halogens is 2. The van der Waals surface area contributed by atoms with E-state index in [1.165, 1.54) is 0 Å². The number of likely N-dealkylation sites (N-methyl/N-ethyl adjacent to an activating group) is 1. The normalized spacial score (nSPS) is 21.0. The van der Waals surface area contributed by atoms with Crippen molar-refractivity contribution in [1.29, 1.82) is 0 Å². The third-order valence-electron chi connectivity index (χ3n) is 3.84. The van der Waals surface area contributed by atoms with Gasteiger partial charge in [-0.2, -0.15) is 0 Å². The molecule has 8 heteroatoms. The Morgan fingerprint density at radius 3 is 2.70 bits per heavy atom. The highest BCUT2D eigenvalue weighted by Crippen LogP contribution is 2.32. The van der Waals surface area contributed by atoms with Crippen LogP contribution in [-0.4, -0.2) is 49.4 Å². The molecule has 2 unspecified atom stereocenters. The minimum atomic E-state index is -3.05. The van der Waals surface area contributed by atoms with E-state index in [1.807, 2.05) is 6.92 Å². The van der Waals surface area contributed by atoms with Crippen LogP contribution in [0.2, 0.25) is 10.0 Å². The first-order valence-electron chi connectivity index (χ1n) is 7.36. The van der Waals surface area contributed by atoms with E-state index in [1.54, 1.807) is 30.0 Å². The molecule has 1 amide bonds. The molecule has 0 spiro atoms. The second kappa shape index (κ2) is 7.28. The van der Waals surface area contributed by atoms with Crippen LogP contribution in [0, 0.1) is 0 Å². The minimum Gasteiger partial charge on any atom is -0.479 e. The highest BCUT2D eigenvalue weighted by Gasteiger charge is 2.35. The van der Waals surface area contributed by atoms with Gasteiger partial charge in [-0.05, 0) is 32.4 Å². The van der Waals surface area contributed by atoms with Crippen LogP contribution in [0.4, 0.5) is 0 Å². The van der Waals surface area contributed by atoms with E-state index in [2.05, 4.69) is 0 Å². The summed E-state index contributed by atoms with van der Waals surface area (Å²) in [7, 11) is -3.05. The smallest absolute Gasteiger partial charge is 0.263 e. The number of benzene rings is 1. The SMILES string of the molecule is CCN(C(=O)C(C)Oc1cccc(Cl)c1Cl)C1CCS(=O)(=O)C1. The highest BCUT2D eigenvalue weighted by molar-refractivity contribution is 7.91. The van der Waals surface area contributed by atoms with E-state index in [9.17, 15) is 13.2 Å². The Hall–Kier alpha value is -0.980. The van der Waals surface area contributed by atoms with Crippen LogP contribution in [0.25, 0.3) is 0 Å². The van der Waals surface area contributed by atoms with Crippen LogP contribution in [0.1, 0.15) is 20.3 Å². The van der Waals surface area contributed by atoms with E-state index in [-0.39, 0.29) is 28.5 Å². The van der Waals surface area contributed by atoms with Gasteiger partial charge >= 0.3 is 0 Å². The van der Waals surface area contributed by atoms with Crippen molar-refractivity contribution in [2.45, 2.75) is 32.4 Å². The molecule has 23 heavy (non-hydrogen) atoms. The maximum Gasteiger partial charge on any atom is 0.263 e. The first-order chi connectivity index (χ1) is 10.7. The van der Waals surface area contributed by atoms with Gasteiger partial charge in [-0.1, -0.05) is 29.3 Å². The van der Waals surface area contributed by atoms with Gasteiger partial charge in [-0.15, -0.1) is 0 Å². The number of rotatable bonds is 5. The van der Waals surface area contributed by atoms with E-state index in [4.69, 9.17) is 27.9 Å². The number of hydrogen-bond acceptors (Lipinski definition) is 4. The summed E-state index contributed by atoms with van der Waals surface area (Å²) in [5.74, 6) is 0.203. The van der Waals surface area contributed by atoms with Crippen LogP contribution in [0.15, 0.2) is 18.2 Å². The fourth-order valence-electron chi connectivity index (χ4n) is 2.66. The first-order valence-corrected chi connectivity index (χ1v) is 9.94. The second-order valence-corrected chi connectivity index (χ2v) is 8.51. The summed E-state index contributed by atoms with van der Waals surface area (Å²) >= 11 is 12.0. The monoisotopic (exact) mass is 379 g/mol. The van der Waals surface area contributed by atoms with Crippen molar-refractivity contribution in [1.82, 2.24) is 4.90 Å². The predicted molar refractivity (Wildman–Crippen MR) is 91.0 cm³/mol. The van der Waals surface area contributed by atoms with Crippen molar-refractivity contribution in [3.8, 4) is 5.75 Å². The van der Waals surface area contributed by atoms with Crippen molar-refractivity contribution in [3.63, 3.8) is 0 Å². The maximum atomic E-state index is 12.6. The van der Waals surface area contributed by atoms with Crippen molar-refractivity contribution >= 4 is 38.9 Å². The van der Waals surface area contributed by atoms with E-state index in [0.717, 1.165) is 0 Å². The Morgan fingerprint density at radius 1 is 1.43 bits per heavy atom. The van der Waals surface area contributed by atoms with Gasteiger partial charge in [0.1, 0.15) is 10.8 Å². The van der Waals surface area contributed by atoms with E-state index in [0.29, 0.717) is 23.7 Å². The van der Waals surface area contributed by atoms with Crippen molar-refractivity contribution in [2.75, 3.05) is 18.1 Å². The van der Waals surface area contributed by atoms with Gasteiger partial charge in [-0.3, -0.25) is 4.79 Å². The van der Waals surface area contributed by atoms with E-state index < -0.39 is 15.9 Å². The fraction of sp³-hybridized carbons (Fsp3) is 0.533. The summed E-state index contributed by atoms with van der Waals surface area (Å²) in [5.41, 5.74) is 0. The minimum absolute atomic E-state index is 0.0111. The fourth-order valence-corrected chi connectivity index (χ4v) is 4.73. The van der Waals surface area contributed by atoms with Crippen molar-refractivity contribution in [2.24, 2.45) is 0 Å². The standard InChI is InChI=1S/C15H19Cl2NO4S/c1-3-18(11-7-8-23(20,21)9-11)15(19)10(2)22-13-6-4-5-12(16)14(13)17/h4-6,10-11H,3,7-9H2,1-2H3. The molecular formula is C15H19Cl2NO4S. The lowest BCUT2D eigenvalue weighted by Crippen LogP contribution is -2.46. The van der Waals surface area contributed by atoms with Crippen LogP contribution in [0.5, 0.6) is 5.75 Å². The van der Waals surface area contributed by atoms with Gasteiger partial charge in [0.2, 0.25) is 0 Å². The summed E-state index contributed by atoms with van der Waals surface area (Å²) in [6.07, 6.45) is -0.318. The van der Waals surface area contributed by atoms with Gasteiger partial charge in [-0.25, -0.2) is 8.42 Å². The lowest BCUT2D eigenvalue weighted by Gasteiger charge is -2.29. The molecule has 1 aromatic carbocycles. The molecule has 0 aliphatic carbocycles. The number of nitrogens with zero attached hydrogens (tertiary/aromatic N) is 1. The first kappa shape index (κ1) is 18.4. The van der Waals surface area contributed by atoms with Crippen LogP contribution in [0.3, 0.4) is 0 Å². The maximum absolute atomic E-state index is 12.6. The molecule has 0 N–H and O–H groups in total. The van der Waals surface area contributed by atoms with Gasteiger partial charge in [0.15, 0.2) is 15.9 Å². The average molecular weight is 380 g/mol. The number of hydrogen-bond donors (Lipinski definition) is 0. The van der Waals surface area contributed by atoms with E-state index >= 15 is 0 Å². The molecule has 5 nitrogen and oxygen atoms in total. The Bertz CT molecular complexity index is 693. The Kier molecular flexibility index (Phi) is 5.81. The molecule has 0 bridgehead atoms. The molecule has 2 rings (SSSR count). The number of amides is 1. The lowest BCUT2D eigenvalue weighted by molar-refractivity contribution is -0.139. The topological polar surface area (TPSA) is 63.7 Å². The summed E-state index contributed by atoms with van der Waals surface area (Å²) in [4.78, 5) is 14.2. The number of sulfone groups is 1. The highest BCUT2D eigenvalue weighted by atomic mass is 35.5. The summed E-state index contributed by atoms with van der Waals surface area (Å²) < 4.78 is 28.9. The summed E-state index contributed by atoms with van der Waals surface area (Å²) in [6.45, 7) is 3.86. The molecule has 1 aliphatic rings. The summed E-state index contributed by atoms with van der Waals surface area (Å²) in [6, 6.07) is 4.65.